The summed E-state index contributed by atoms with van der Waals surface area (Å²) in [5.41, 5.74) is 13.9. The van der Waals surface area contributed by atoms with E-state index < -0.39 is 51.9 Å². The number of nitrogens with zero attached hydrogens (tertiary/aromatic N) is 2. The number of phenolic OH excluding ortho intramolecular Hbond substituents is 1. The summed E-state index contributed by atoms with van der Waals surface area (Å²) in [7, 11) is 0. The van der Waals surface area contributed by atoms with Gasteiger partial charge in [-0.2, -0.15) is 0 Å². The van der Waals surface area contributed by atoms with Gasteiger partial charge in [-0.1, -0.05) is 76.5 Å². The fourth-order valence-corrected chi connectivity index (χ4v) is 8.78. The average Bonchev–Trinajstić information content (AvgIpc) is 3.38. The highest BCUT2D eigenvalue weighted by Gasteiger charge is 2.66. The molecule has 306 valence electrons. The Morgan fingerprint density at radius 1 is 0.768 bits per heavy atom. The number of benzene rings is 1. The zero-order valence-electron chi connectivity index (χ0n) is 35.1. The molecule has 0 bridgehead atoms. The maximum absolute atomic E-state index is 14.0. The minimum Gasteiger partial charge on any atom is -0.508 e. The maximum atomic E-state index is 14.0. The van der Waals surface area contributed by atoms with Crippen molar-refractivity contribution in [2.75, 3.05) is 0 Å². The minimum atomic E-state index is -1.28. The third-order valence-electron chi connectivity index (χ3n) is 10.5. The third-order valence-corrected chi connectivity index (χ3v) is 12.1. The minimum absolute atomic E-state index is 0.00476. The van der Waals surface area contributed by atoms with Gasteiger partial charge in [-0.05, 0) is 144 Å². The number of carboxylic acids is 1. The van der Waals surface area contributed by atoms with Crippen molar-refractivity contribution in [2.24, 2.45) is 5.73 Å². The van der Waals surface area contributed by atoms with Crippen molar-refractivity contribution in [3.63, 3.8) is 0 Å². The number of carbonyl (C=O) groups is 4. The molecule has 2 aliphatic heterocycles. The number of aliphatic carboxylic acids is 1. The average molecular weight is 788 g/mol. The number of imide groups is 1. The highest BCUT2D eigenvalue weighted by atomic mass is 32.2. The van der Waals surface area contributed by atoms with Crippen LogP contribution in [0.5, 0.6) is 5.75 Å². The number of carboxylic acid groups (broad SMARTS) is 1. The van der Waals surface area contributed by atoms with E-state index in [-0.39, 0.29) is 5.75 Å². The van der Waals surface area contributed by atoms with Gasteiger partial charge in [0.2, 0.25) is 0 Å². The molecule has 4 N–H and O–H groups in total. The van der Waals surface area contributed by atoms with E-state index in [2.05, 4.69) is 71.9 Å². The molecular weight excluding hydrogens is 723 g/mol. The van der Waals surface area contributed by atoms with Crippen LogP contribution in [0.15, 0.2) is 94.2 Å². The summed E-state index contributed by atoms with van der Waals surface area (Å²) in [4.78, 5) is 55.9. The number of allylic oxidation sites excluding steroid dienone is 11. The largest absolute Gasteiger partial charge is 0.508 e. The van der Waals surface area contributed by atoms with Crippen molar-refractivity contribution in [3.05, 3.63) is 99.7 Å². The number of phenols is 1. The standard InChI is InChI=1S/C46H65N3O6S/c1-30(2)16-12-19-33(5)22-13-20-31(3)17-10-11-18-32(4)21-14-23-34(6)24-15-25-35(7)41(51)48(42(52)38(47)36-26-28-37(50)29-27-36)39-43(53)49-40(45(54)55)46(8,9)56-44(39)49/h16-18,22-23,25-29,38-40,44,50H,10-15,19-21,24,47H2,1-9H3,(H,54,55)/b31-17+,32-18+,33-22+,34-23+,35-25?/t38?,39-,40+,44-/m1/s1. The number of nitrogens with two attached hydrogens (primary N) is 1. The molecule has 0 spiro atoms. The van der Waals surface area contributed by atoms with Crippen molar-refractivity contribution in [1.29, 1.82) is 0 Å². The first kappa shape index (κ1) is 46.2. The Hall–Kier alpha value is -4.15. The van der Waals surface area contributed by atoms with E-state index in [1.807, 2.05) is 0 Å². The number of aromatic hydroxyl groups is 1. The number of rotatable bonds is 20. The fraction of sp³-hybridized carbons (Fsp3) is 0.522. The highest BCUT2D eigenvalue weighted by Crippen LogP contribution is 2.52. The summed E-state index contributed by atoms with van der Waals surface area (Å²) in [5, 5.41) is 18.9. The molecular formula is C46H65N3O6S. The van der Waals surface area contributed by atoms with Gasteiger partial charge in [-0.15, -0.1) is 11.8 Å². The van der Waals surface area contributed by atoms with E-state index in [0.29, 0.717) is 17.6 Å². The normalized spacial score (nSPS) is 20.7. The molecule has 10 heteroatoms. The number of unbranched alkanes of at least 4 members (excludes halogenated alkanes) is 1. The van der Waals surface area contributed by atoms with Crippen LogP contribution in [-0.2, 0) is 19.2 Å². The Bertz CT molecular complexity index is 1760. The molecule has 2 heterocycles. The van der Waals surface area contributed by atoms with E-state index in [0.717, 1.165) is 62.7 Å². The zero-order valence-corrected chi connectivity index (χ0v) is 35.9. The monoisotopic (exact) mass is 787 g/mol. The smallest absolute Gasteiger partial charge is 0.327 e. The number of thioether (sulfide) groups is 1. The molecule has 0 saturated carbocycles. The quantitative estimate of drug-likeness (QED) is 0.0514. The number of fused-ring (bicyclic) bond motifs is 1. The number of carbonyl (C=O) groups excluding carboxylic acids is 3. The molecule has 0 aliphatic carbocycles. The van der Waals surface area contributed by atoms with Gasteiger partial charge in [0, 0.05) is 10.3 Å². The first-order valence-electron chi connectivity index (χ1n) is 19.9. The second-order valence-corrected chi connectivity index (χ2v) is 18.0. The van der Waals surface area contributed by atoms with Gasteiger partial charge in [-0.25, -0.2) is 4.79 Å². The second-order valence-electron chi connectivity index (χ2n) is 16.2. The van der Waals surface area contributed by atoms with Crippen molar-refractivity contribution in [2.45, 2.75) is 155 Å². The Morgan fingerprint density at radius 2 is 1.21 bits per heavy atom. The molecule has 4 atom stereocenters. The van der Waals surface area contributed by atoms with Gasteiger partial charge in [0.1, 0.15) is 29.2 Å². The Labute approximate surface area is 339 Å². The van der Waals surface area contributed by atoms with Gasteiger partial charge in [0.25, 0.3) is 17.7 Å². The fourth-order valence-electron chi connectivity index (χ4n) is 7.11. The van der Waals surface area contributed by atoms with Crippen LogP contribution in [0.4, 0.5) is 0 Å². The van der Waals surface area contributed by atoms with E-state index in [9.17, 15) is 29.4 Å². The van der Waals surface area contributed by atoms with Crippen LogP contribution in [0.1, 0.15) is 138 Å². The van der Waals surface area contributed by atoms with Crippen molar-refractivity contribution in [1.82, 2.24) is 9.80 Å². The maximum Gasteiger partial charge on any atom is 0.327 e. The van der Waals surface area contributed by atoms with Crippen molar-refractivity contribution < 1.29 is 29.4 Å². The Balaban J connectivity index is 1.56. The number of hydrogen-bond acceptors (Lipinski definition) is 7. The summed E-state index contributed by atoms with van der Waals surface area (Å²) < 4.78 is -0.834. The lowest BCUT2D eigenvalue weighted by molar-refractivity contribution is -0.171. The molecule has 0 radical (unpaired) electrons. The lowest BCUT2D eigenvalue weighted by Crippen LogP contribution is -2.72. The van der Waals surface area contributed by atoms with Crippen LogP contribution in [-0.4, -0.2) is 65.9 Å². The Morgan fingerprint density at radius 3 is 1.68 bits per heavy atom. The van der Waals surface area contributed by atoms with Crippen LogP contribution < -0.4 is 5.73 Å². The second kappa shape index (κ2) is 21.4. The predicted octanol–water partition coefficient (Wildman–Crippen LogP) is 9.86. The van der Waals surface area contributed by atoms with Gasteiger partial charge >= 0.3 is 5.97 Å². The summed E-state index contributed by atoms with van der Waals surface area (Å²) >= 11 is 1.26. The van der Waals surface area contributed by atoms with Crippen LogP contribution in [0.25, 0.3) is 0 Å². The SMILES string of the molecule is CC(C)=CCC/C(C)=C/CC/C(C)=C/CC/C=C(\C)CC/C=C(\C)CCC=C(C)C(=O)N(C(=O)C(N)c1ccc(O)cc1)[C@@H]1C(=O)N2[C@@H]1SC(C)(C)[C@@H]2C(=O)O. The number of β-lactam (4-membered cyclic amide) rings is 1. The van der Waals surface area contributed by atoms with Gasteiger partial charge in [0.15, 0.2) is 0 Å². The molecule has 9 nitrogen and oxygen atoms in total. The van der Waals surface area contributed by atoms with Crippen molar-refractivity contribution in [3.8, 4) is 5.75 Å². The zero-order chi connectivity index (χ0) is 41.7. The van der Waals surface area contributed by atoms with E-state index in [1.54, 1.807) is 26.8 Å². The predicted molar refractivity (Wildman–Crippen MR) is 229 cm³/mol. The lowest BCUT2D eigenvalue weighted by Gasteiger charge is -2.47. The molecule has 3 amide bonds. The molecule has 56 heavy (non-hydrogen) atoms. The van der Waals surface area contributed by atoms with E-state index >= 15 is 0 Å². The topological polar surface area (TPSA) is 141 Å². The van der Waals surface area contributed by atoms with Gasteiger partial charge in [-0.3, -0.25) is 19.3 Å². The van der Waals surface area contributed by atoms with Crippen molar-refractivity contribution >= 4 is 35.5 Å². The molecule has 2 fully saturated rings. The van der Waals surface area contributed by atoms with Crippen LogP contribution in [0.3, 0.4) is 0 Å². The van der Waals surface area contributed by atoms with Crippen LogP contribution in [0, 0.1) is 0 Å². The highest BCUT2D eigenvalue weighted by molar-refractivity contribution is 8.01. The van der Waals surface area contributed by atoms with Crippen LogP contribution >= 0.6 is 11.8 Å². The summed E-state index contributed by atoms with van der Waals surface area (Å²) in [6.45, 7) is 18.1. The molecule has 2 saturated heterocycles. The molecule has 1 aromatic rings. The first-order chi connectivity index (χ1) is 26.3. The van der Waals surface area contributed by atoms with E-state index in [1.165, 1.54) is 68.8 Å². The molecule has 3 rings (SSSR count). The van der Waals surface area contributed by atoms with Gasteiger partial charge < -0.3 is 20.8 Å². The molecule has 1 aromatic carbocycles. The first-order valence-corrected chi connectivity index (χ1v) is 20.8. The van der Waals surface area contributed by atoms with E-state index in [4.69, 9.17) is 5.73 Å². The van der Waals surface area contributed by atoms with Crippen LogP contribution in [0.2, 0.25) is 0 Å². The number of amides is 3. The lowest BCUT2D eigenvalue weighted by atomic mass is 9.94. The molecule has 0 aromatic heterocycles. The molecule has 1 unspecified atom stereocenters. The number of hydrogen-bond donors (Lipinski definition) is 3. The molecule has 2 aliphatic rings. The summed E-state index contributed by atoms with van der Waals surface area (Å²) in [6.07, 6.45) is 23.1. The Kier molecular flexibility index (Phi) is 17.7. The summed E-state index contributed by atoms with van der Waals surface area (Å²) in [6, 6.07) is 2.22. The summed E-state index contributed by atoms with van der Waals surface area (Å²) in [5.74, 6) is -3.14. The third kappa shape index (κ3) is 12.9. The van der Waals surface area contributed by atoms with Gasteiger partial charge in [0.05, 0.1) is 0 Å².